The van der Waals surface area contributed by atoms with Crippen molar-refractivity contribution in [2.75, 3.05) is 26.9 Å². The number of hydrogen-bond acceptors (Lipinski definition) is 5. The first kappa shape index (κ1) is 16.9. The predicted molar refractivity (Wildman–Crippen MR) is 81.3 cm³/mol. The summed E-state index contributed by atoms with van der Waals surface area (Å²) in [7, 11) is -2.41. The van der Waals surface area contributed by atoms with Crippen molar-refractivity contribution in [3.63, 3.8) is 0 Å². The lowest BCUT2D eigenvalue weighted by atomic mass is 10.0. The summed E-state index contributed by atoms with van der Waals surface area (Å²) in [6.07, 6.45) is 1.90. The Balaban J connectivity index is 2.15. The molecule has 22 heavy (non-hydrogen) atoms. The van der Waals surface area contributed by atoms with Crippen molar-refractivity contribution in [1.29, 1.82) is 0 Å². The van der Waals surface area contributed by atoms with Gasteiger partial charge in [-0.3, -0.25) is 0 Å². The zero-order valence-electron chi connectivity index (χ0n) is 12.8. The van der Waals surface area contributed by atoms with Gasteiger partial charge in [0, 0.05) is 13.2 Å². The largest absolute Gasteiger partial charge is 0.465 e. The number of benzene rings is 1. The Morgan fingerprint density at radius 3 is 2.86 bits per heavy atom. The van der Waals surface area contributed by atoms with E-state index in [0.717, 1.165) is 19.4 Å². The fourth-order valence-electron chi connectivity index (χ4n) is 2.41. The molecule has 1 N–H and O–H groups in total. The Hall–Kier alpha value is -1.44. The average Bonchev–Trinajstić information content (AvgIpc) is 2.53. The topological polar surface area (TPSA) is 81.7 Å². The summed E-state index contributed by atoms with van der Waals surface area (Å²) in [5.74, 6) is -0.371. The summed E-state index contributed by atoms with van der Waals surface area (Å²) in [4.78, 5) is 11.7. The number of rotatable bonds is 5. The van der Waals surface area contributed by atoms with Gasteiger partial charge in [0.1, 0.15) is 0 Å². The fraction of sp³-hybridized carbons (Fsp3) is 0.533. The van der Waals surface area contributed by atoms with Crippen LogP contribution in [0.5, 0.6) is 0 Å². The van der Waals surface area contributed by atoms with Crippen molar-refractivity contribution >= 4 is 16.0 Å². The second-order valence-electron chi connectivity index (χ2n) is 5.41. The molecule has 0 spiro atoms. The molecule has 0 amide bonds. The summed E-state index contributed by atoms with van der Waals surface area (Å²) >= 11 is 0. The highest BCUT2D eigenvalue weighted by atomic mass is 32.2. The molecule has 1 aliphatic rings. The van der Waals surface area contributed by atoms with E-state index in [9.17, 15) is 13.2 Å². The van der Waals surface area contributed by atoms with Crippen molar-refractivity contribution in [3.8, 4) is 0 Å². The van der Waals surface area contributed by atoms with Gasteiger partial charge in [0.25, 0.3) is 0 Å². The predicted octanol–water partition coefficient (Wildman–Crippen LogP) is 1.49. The molecule has 0 aromatic heterocycles. The van der Waals surface area contributed by atoms with E-state index in [1.54, 1.807) is 19.1 Å². The van der Waals surface area contributed by atoms with Gasteiger partial charge >= 0.3 is 5.97 Å². The number of carbonyl (C=O) groups is 1. The summed E-state index contributed by atoms with van der Waals surface area (Å²) in [6.45, 7) is 3.34. The molecule has 2 rings (SSSR count). The molecule has 1 fully saturated rings. The number of methoxy groups -OCH3 is 1. The van der Waals surface area contributed by atoms with Crippen molar-refractivity contribution in [1.82, 2.24) is 4.72 Å². The van der Waals surface area contributed by atoms with Crippen LogP contribution in [-0.2, 0) is 19.5 Å². The molecule has 0 radical (unpaired) electrons. The maximum absolute atomic E-state index is 12.5. The Kier molecular flexibility index (Phi) is 5.55. The third-order valence-corrected chi connectivity index (χ3v) is 5.28. The van der Waals surface area contributed by atoms with E-state index >= 15 is 0 Å². The minimum Gasteiger partial charge on any atom is -0.465 e. The lowest BCUT2D eigenvalue weighted by Gasteiger charge is -2.22. The molecule has 1 aromatic carbocycles. The van der Waals surface area contributed by atoms with Gasteiger partial charge < -0.3 is 9.47 Å². The highest BCUT2D eigenvalue weighted by Gasteiger charge is 2.22. The van der Waals surface area contributed by atoms with Crippen molar-refractivity contribution in [3.05, 3.63) is 29.3 Å². The highest BCUT2D eigenvalue weighted by molar-refractivity contribution is 7.89. The minimum absolute atomic E-state index is 0.104. The second kappa shape index (κ2) is 7.21. The van der Waals surface area contributed by atoms with Crippen LogP contribution in [0.4, 0.5) is 0 Å². The second-order valence-corrected chi connectivity index (χ2v) is 7.14. The molecule has 1 saturated heterocycles. The van der Waals surface area contributed by atoms with Gasteiger partial charge in [-0.15, -0.1) is 0 Å². The monoisotopic (exact) mass is 327 g/mol. The first-order chi connectivity index (χ1) is 10.4. The van der Waals surface area contributed by atoms with Gasteiger partial charge in [-0.25, -0.2) is 17.9 Å². The van der Waals surface area contributed by atoms with Crippen LogP contribution in [0, 0.1) is 12.8 Å². The van der Waals surface area contributed by atoms with E-state index in [1.165, 1.54) is 13.2 Å². The Bertz CT molecular complexity index is 635. The number of aryl methyl sites for hydroxylation is 1. The fourth-order valence-corrected chi connectivity index (χ4v) is 3.79. The standard InChI is InChI=1S/C15H21NO5S/c1-11-5-6-13(15(17)20-2)8-14(11)22(18,19)16-9-12-4-3-7-21-10-12/h5-6,8,12,16H,3-4,7,9-10H2,1-2H3. The lowest BCUT2D eigenvalue weighted by molar-refractivity contribution is 0.0568. The molecule has 0 saturated carbocycles. The third-order valence-electron chi connectivity index (χ3n) is 3.72. The summed E-state index contributed by atoms with van der Waals surface area (Å²) in [6, 6.07) is 4.50. The van der Waals surface area contributed by atoms with E-state index < -0.39 is 16.0 Å². The molecule has 7 heteroatoms. The number of hydrogen-bond donors (Lipinski definition) is 1. The van der Waals surface area contributed by atoms with Gasteiger partial charge in [-0.05, 0) is 43.4 Å². The molecule has 0 aliphatic carbocycles. The van der Waals surface area contributed by atoms with Crippen LogP contribution < -0.4 is 4.72 Å². The summed E-state index contributed by atoms with van der Waals surface area (Å²) in [5.41, 5.74) is 0.800. The molecule has 1 aromatic rings. The van der Waals surface area contributed by atoms with Crippen molar-refractivity contribution < 1.29 is 22.7 Å². The average molecular weight is 327 g/mol. The Morgan fingerprint density at radius 1 is 1.45 bits per heavy atom. The molecule has 0 bridgehead atoms. The van der Waals surface area contributed by atoms with Crippen LogP contribution in [0.15, 0.2) is 23.1 Å². The van der Waals surface area contributed by atoms with E-state index in [-0.39, 0.29) is 16.4 Å². The van der Waals surface area contributed by atoms with Gasteiger partial charge in [-0.1, -0.05) is 6.07 Å². The number of esters is 1. The van der Waals surface area contributed by atoms with Crippen LogP contribution in [0.25, 0.3) is 0 Å². The van der Waals surface area contributed by atoms with E-state index in [2.05, 4.69) is 9.46 Å². The van der Waals surface area contributed by atoms with Crippen LogP contribution in [0.3, 0.4) is 0 Å². The van der Waals surface area contributed by atoms with Crippen LogP contribution >= 0.6 is 0 Å². The van der Waals surface area contributed by atoms with Gasteiger partial charge in [0.15, 0.2) is 0 Å². The third kappa shape index (κ3) is 4.06. The lowest BCUT2D eigenvalue weighted by Crippen LogP contribution is -2.33. The van der Waals surface area contributed by atoms with E-state index in [1.807, 2.05) is 0 Å². The maximum atomic E-state index is 12.5. The van der Waals surface area contributed by atoms with Crippen molar-refractivity contribution in [2.45, 2.75) is 24.7 Å². The summed E-state index contributed by atoms with van der Waals surface area (Å²) < 4.78 is 37.5. The molecular formula is C15H21NO5S. The number of nitrogens with one attached hydrogen (secondary N) is 1. The first-order valence-electron chi connectivity index (χ1n) is 7.20. The normalized spacial score (nSPS) is 18.9. The zero-order chi connectivity index (χ0) is 16.2. The van der Waals surface area contributed by atoms with Crippen LogP contribution in [0.2, 0.25) is 0 Å². The molecule has 1 aliphatic heterocycles. The zero-order valence-corrected chi connectivity index (χ0v) is 13.6. The molecule has 1 heterocycles. The summed E-state index contributed by atoms with van der Waals surface area (Å²) in [5, 5.41) is 0. The highest BCUT2D eigenvalue weighted by Crippen LogP contribution is 2.19. The Morgan fingerprint density at radius 2 is 2.23 bits per heavy atom. The number of ether oxygens (including phenoxy) is 2. The maximum Gasteiger partial charge on any atom is 0.337 e. The smallest absolute Gasteiger partial charge is 0.337 e. The molecule has 122 valence electrons. The Labute approximate surface area is 130 Å². The van der Waals surface area contributed by atoms with Crippen LogP contribution in [0.1, 0.15) is 28.8 Å². The van der Waals surface area contributed by atoms with Gasteiger partial charge in [0.05, 0.1) is 24.2 Å². The quantitative estimate of drug-likeness (QED) is 0.829. The molecule has 1 atom stereocenters. The number of carbonyl (C=O) groups excluding carboxylic acids is 1. The van der Waals surface area contributed by atoms with E-state index in [0.29, 0.717) is 18.7 Å². The van der Waals surface area contributed by atoms with E-state index in [4.69, 9.17) is 4.74 Å². The molecule has 6 nitrogen and oxygen atoms in total. The number of sulfonamides is 1. The van der Waals surface area contributed by atoms with Gasteiger partial charge in [-0.2, -0.15) is 0 Å². The van der Waals surface area contributed by atoms with Gasteiger partial charge in [0.2, 0.25) is 10.0 Å². The molecule has 1 unspecified atom stereocenters. The molecular weight excluding hydrogens is 306 g/mol. The van der Waals surface area contributed by atoms with Crippen molar-refractivity contribution in [2.24, 2.45) is 5.92 Å². The minimum atomic E-state index is -3.67. The SMILES string of the molecule is COC(=O)c1ccc(C)c(S(=O)(=O)NCC2CCCOC2)c1. The van der Waals surface area contributed by atoms with Crippen LogP contribution in [-0.4, -0.2) is 41.3 Å². The first-order valence-corrected chi connectivity index (χ1v) is 8.68.